The van der Waals surface area contributed by atoms with Gasteiger partial charge in [0, 0.05) is 5.69 Å². The molecule has 0 saturated heterocycles. The lowest BCUT2D eigenvalue weighted by molar-refractivity contribution is 0.414. The minimum atomic E-state index is 0.352. The molecule has 0 radical (unpaired) electrons. The number of hydrazine groups is 1. The Kier molecular flexibility index (Phi) is 4.54. The molecule has 7 heteroatoms. The van der Waals surface area contributed by atoms with Gasteiger partial charge < -0.3 is 15.5 Å². The molecule has 20 heavy (non-hydrogen) atoms. The van der Waals surface area contributed by atoms with Gasteiger partial charge in [-0.2, -0.15) is 0 Å². The summed E-state index contributed by atoms with van der Waals surface area (Å²) in [6, 6.07) is 7.22. The Balaban J connectivity index is 2.34. The minimum absolute atomic E-state index is 0.352. The zero-order valence-corrected chi connectivity index (χ0v) is 12.5. The van der Waals surface area contributed by atoms with Crippen molar-refractivity contribution in [1.29, 1.82) is 0 Å². The predicted octanol–water partition coefficient (Wildman–Crippen LogP) is 3.73. The maximum Gasteiger partial charge on any atom is 0.161 e. The first-order valence-corrected chi connectivity index (χ1v) is 6.55. The summed E-state index contributed by atoms with van der Waals surface area (Å²) in [5.41, 5.74) is 4.29. The molecule has 1 aromatic carbocycles. The van der Waals surface area contributed by atoms with E-state index in [1.165, 1.54) is 0 Å². The maximum atomic E-state index is 6.12. The number of methoxy groups -OCH3 is 1. The average molecular weight is 313 g/mol. The Morgan fingerprint density at radius 2 is 1.85 bits per heavy atom. The summed E-state index contributed by atoms with van der Waals surface area (Å²) in [4.78, 5) is 4.23. The number of nitrogens with zero attached hydrogens (tertiary/aromatic N) is 1. The number of hydrogen-bond acceptors (Lipinski definition) is 5. The van der Waals surface area contributed by atoms with Gasteiger partial charge in [-0.05, 0) is 36.8 Å². The van der Waals surface area contributed by atoms with Crippen LogP contribution in [-0.2, 0) is 0 Å². The van der Waals surface area contributed by atoms with E-state index < -0.39 is 0 Å². The Bertz CT molecular complexity index is 634. The molecule has 0 bridgehead atoms. The van der Waals surface area contributed by atoms with Crippen molar-refractivity contribution in [3.05, 3.63) is 39.9 Å². The first-order chi connectivity index (χ1) is 9.55. The van der Waals surface area contributed by atoms with Crippen molar-refractivity contribution in [2.45, 2.75) is 6.92 Å². The van der Waals surface area contributed by atoms with E-state index in [1.54, 1.807) is 13.2 Å². The molecule has 0 fully saturated rings. The van der Waals surface area contributed by atoms with Crippen LogP contribution in [0.15, 0.2) is 24.3 Å². The van der Waals surface area contributed by atoms with Crippen LogP contribution in [0.2, 0.25) is 10.0 Å². The third-order valence-corrected chi connectivity index (χ3v) is 3.33. The van der Waals surface area contributed by atoms with Gasteiger partial charge >= 0.3 is 0 Å². The molecule has 1 aromatic heterocycles. The number of aryl methyl sites for hydroxylation is 1. The predicted molar refractivity (Wildman–Crippen MR) is 83.1 cm³/mol. The molecule has 0 aliphatic carbocycles. The van der Waals surface area contributed by atoms with E-state index in [0.717, 1.165) is 17.0 Å². The molecule has 2 aromatic rings. The van der Waals surface area contributed by atoms with Gasteiger partial charge in [0.15, 0.2) is 11.6 Å². The SMILES string of the molecule is COc1ccc(Nc2nc(NN)c(Cl)cc2Cl)c(C)c1. The molecule has 0 aliphatic heterocycles. The fourth-order valence-electron chi connectivity index (χ4n) is 1.69. The number of hydrogen-bond donors (Lipinski definition) is 3. The van der Waals surface area contributed by atoms with E-state index in [-0.39, 0.29) is 0 Å². The molecule has 1 heterocycles. The molecular formula is C13H14Cl2N4O. The number of rotatable bonds is 4. The molecule has 4 N–H and O–H groups in total. The Hall–Kier alpha value is -1.69. The summed E-state index contributed by atoms with van der Waals surface area (Å²) in [5.74, 6) is 6.95. The second kappa shape index (κ2) is 6.17. The topological polar surface area (TPSA) is 72.2 Å². The lowest BCUT2D eigenvalue weighted by atomic mass is 10.2. The fraction of sp³-hybridized carbons (Fsp3) is 0.154. The lowest BCUT2D eigenvalue weighted by Gasteiger charge is -2.13. The van der Waals surface area contributed by atoms with Crippen LogP contribution in [0.4, 0.5) is 17.3 Å². The van der Waals surface area contributed by atoms with Gasteiger partial charge in [-0.3, -0.25) is 0 Å². The van der Waals surface area contributed by atoms with E-state index in [0.29, 0.717) is 21.7 Å². The summed E-state index contributed by atoms with van der Waals surface area (Å²) in [6.07, 6.45) is 0. The Labute approximate surface area is 127 Å². The first-order valence-electron chi connectivity index (χ1n) is 5.79. The number of nitrogens with one attached hydrogen (secondary N) is 2. The third kappa shape index (κ3) is 3.07. The van der Waals surface area contributed by atoms with E-state index in [1.807, 2.05) is 25.1 Å². The van der Waals surface area contributed by atoms with Crippen molar-refractivity contribution in [2.24, 2.45) is 5.84 Å². The quantitative estimate of drug-likeness (QED) is 0.592. The monoisotopic (exact) mass is 312 g/mol. The minimum Gasteiger partial charge on any atom is -0.497 e. The van der Waals surface area contributed by atoms with Gasteiger partial charge in [0.1, 0.15) is 5.75 Å². The van der Waals surface area contributed by atoms with E-state index in [4.69, 9.17) is 33.8 Å². The summed E-state index contributed by atoms with van der Waals surface area (Å²) < 4.78 is 5.16. The Morgan fingerprint density at radius 1 is 1.15 bits per heavy atom. The van der Waals surface area contributed by atoms with Crippen LogP contribution in [0.3, 0.4) is 0 Å². The molecular weight excluding hydrogens is 299 g/mol. The summed E-state index contributed by atoms with van der Waals surface area (Å²) in [5, 5.41) is 3.90. The van der Waals surface area contributed by atoms with Crippen molar-refractivity contribution in [3.8, 4) is 5.75 Å². The Morgan fingerprint density at radius 3 is 2.45 bits per heavy atom. The molecule has 0 atom stereocenters. The maximum absolute atomic E-state index is 6.12. The molecule has 0 saturated carbocycles. The summed E-state index contributed by atoms with van der Waals surface area (Å²) >= 11 is 12.1. The highest BCUT2D eigenvalue weighted by molar-refractivity contribution is 6.37. The van der Waals surface area contributed by atoms with Crippen LogP contribution in [0.5, 0.6) is 5.75 Å². The van der Waals surface area contributed by atoms with Crippen molar-refractivity contribution >= 4 is 40.5 Å². The first kappa shape index (κ1) is 14.7. The van der Waals surface area contributed by atoms with Gasteiger partial charge in [0.25, 0.3) is 0 Å². The molecule has 0 spiro atoms. The second-order valence-electron chi connectivity index (χ2n) is 4.10. The van der Waals surface area contributed by atoms with Crippen molar-refractivity contribution in [1.82, 2.24) is 4.98 Å². The highest BCUT2D eigenvalue weighted by Crippen LogP contribution is 2.32. The molecule has 2 rings (SSSR count). The molecule has 106 valence electrons. The largest absolute Gasteiger partial charge is 0.497 e. The van der Waals surface area contributed by atoms with Crippen LogP contribution >= 0.6 is 23.2 Å². The van der Waals surface area contributed by atoms with Crippen LogP contribution in [0, 0.1) is 6.92 Å². The van der Waals surface area contributed by atoms with Gasteiger partial charge in [-0.15, -0.1) is 0 Å². The highest BCUT2D eigenvalue weighted by Gasteiger charge is 2.10. The fourth-order valence-corrected chi connectivity index (χ4v) is 2.15. The van der Waals surface area contributed by atoms with Crippen LogP contribution in [0.1, 0.15) is 5.56 Å². The van der Waals surface area contributed by atoms with Crippen LogP contribution in [0.25, 0.3) is 0 Å². The van der Waals surface area contributed by atoms with Crippen LogP contribution in [-0.4, -0.2) is 12.1 Å². The van der Waals surface area contributed by atoms with Crippen molar-refractivity contribution in [2.75, 3.05) is 17.9 Å². The number of ether oxygens (including phenoxy) is 1. The van der Waals surface area contributed by atoms with Gasteiger partial charge in [-0.25, -0.2) is 10.8 Å². The standard InChI is InChI=1S/C13H14Cl2N4O/c1-7-5-8(20-2)3-4-11(7)17-12-9(14)6-10(15)13(18-12)19-16/h3-6H,16H2,1-2H3,(H2,17,18,19). The van der Waals surface area contributed by atoms with E-state index in [9.17, 15) is 0 Å². The number of anilines is 3. The second-order valence-corrected chi connectivity index (χ2v) is 4.91. The van der Waals surface area contributed by atoms with Crippen molar-refractivity contribution in [3.63, 3.8) is 0 Å². The summed E-state index contributed by atoms with van der Waals surface area (Å²) in [6.45, 7) is 1.96. The zero-order valence-electron chi connectivity index (χ0n) is 11.0. The number of nitrogen functional groups attached to an aromatic ring is 1. The number of benzene rings is 1. The van der Waals surface area contributed by atoms with E-state index in [2.05, 4.69) is 15.7 Å². The summed E-state index contributed by atoms with van der Waals surface area (Å²) in [7, 11) is 1.62. The molecule has 0 unspecified atom stereocenters. The molecule has 0 amide bonds. The third-order valence-electron chi connectivity index (χ3n) is 2.75. The van der Waals surface area contributed by atoms with Gasteiger partial charge in [0.2, 0.25) is 0 Å². The number of nitrogens with two attached hydrogens (primary N) is 1. The number of halogens is 2. The zero-order chi connectivity index (χ0) is 14.7. The lowest BCUT2D eigenvalue weighted by Crippen LogP contribution is -2.10. The highest BCUT2D eigenvalue weighted by atomic mass is 35.5. The number of aromatic nitrogens is 1. The van der Waals surface area contributed by atoms with Crippen LogP contribution < -0.4 is 21.3 Å². The van der Waals surface area contributed by atoms with E-state index >= 15 is 0 Å². The normalized spacial score (nSPS) is 10.2. The van der Waals surface area contributed by atoms with Gasteiger partial charge in [-0.1, -0.05) is 23.2 Å². The van der Waals surface area contributed by atoms with Crippen molar-refractivity contribution < 1.29 is 4.74 Å². The molecule has 0 aliphatic rings. The smallest absolute Gasteiger partial charge is 0.161 e. The number of pyridine rings is 1. The molecule has 5 nitrogen and oxygen atoms in total. The average Bonchev–Trinajstić information content (AvgIpc) is 2.43. The van der Waals surface area contributed by atoms with Gasteiger partial charge in [0.05, 0.1) is 17.2 Å².